The minimum atomic E-state index is 0.0718. The van der Waals surface area contributed by atoms with Gasteiger partial charge in [0.05, 0.1) is 5.69 Å². The van der Waals surface area contributed by atoms with Crippen molar-refractivity contribution in [2.45, 2.75) is 18.3 Å². The Morgan fingerprint density at radius 3 is 2.47 bits per heavy atom. The zero-order valence-corrected chi connectivity index (χ0v) is 8.31. The van der Waals surface area contributed by atoms with Gasteiger partial charge in [0.2, 0.25) is 5.88 Å². The second-order valence-corrected chi connectivity index (χ2v) is 4.06. The van der Waals surface area contributed by atoms with Gasteiger partial charge in [-0.05, 0) is 18.4 Å². The maximum atomic E-state index is 5.55. The van der Waals surface area contributed by atoms with Gasteiger partial charge < -0.3 is 10.3 Å². The van der Waals surface area contributed by atoms with E-state index in [0.29, 0.717) is 5.88 Å². The molecule has 0 spiro atoms. The fourth-order valence-electron chi connectivity index (χ4n) is 2.09. The summed E-state index contributed by atoms with van der Waals surface area (Å²) in [5.74, 6) is 0.396. The molecule has 1 aromatic carbocycles. The van der Waals surface area contributed by atoms with Crippen LogP contribution in [0.15, 0.2) is 40.9 Å². The van der Waals surface area contributed by atoms with Crippen molar-refractivity contribution in [3.05, 3.63) is 47.7 Å². The molecular formula is C12H12N2O. The minimum Gasteiger partial charge on any atom is -0.368 e. The molecule has 76 valence electrons. The summed E-state index contributed by atoms with van der Waals surface area (Å²) in [4.78, 5) is 0. The SMILES string of the molecule is Nc1cc(C2(c3ccccc3)CC2)no1. The van der Waals surface area contributed by atoms with Crippen LogP contribution >= 0.6 is 0 Å². The zero-order chi connectivity index (χ0) is 10.3. The van der Waals surface area contributed by atoms with Gasteiger partial charge in [0.25, 0.3) is 0 Å². The van der Waals surface area contributed by atoms with Gasteiger partial charge in [-0.2, -0.15) is 0 Å². The summed E-state index contributed by atoms with van der Waals surface area (Å²) >= 11 is 0. The minimum absolute atomic E-state index is 0.0718. The molecule has 1 saturated carbocycles. The van der Waals surface area contributed by atoms with Crippen molar-refractivity contribution in [2.75, 3.05) is 5.73 Å². The number of nitrogen functional groups attached to an aromatic ring is 1. The van der Waals surface area contributed by atoms with E-state index in [0.717, 1.165) is 18.5 Å². The van der Waals surface area contributed by atoms with Crippen LogP contribution in [0.1, 0.15) is 24.1 Å². The Bertz CT molecular complexity index is 471. The van der Waals surface area contributed by atoms with Crippen molar-refractivity contribution in [3.8, 4) is 0 Å². The Morgan fingerprint density at radius 1 is 1.20 bits per heavy atom. The standard InChI is InChI=1S/C12H12N2O/c13-11-8-10(14-15-11)12(6-7-12)9-4-2-1-3-5-9/h1-5,8H,6-7,13H2. The third-order valence-corrected chi connectivity index (χ3v) is 3.10. The van der Waals surface area contributed by atoms with Crippen molar-refractivity contribution in [2.24, 2.45) is 0 Å². The van der Waals surface area contributed by atoms with Gasteiger partial charge in [-0.1, -0.05) is 35.5 Å². The van der Waals surface area contributed by atoms with Crippen LogP contribution in [0.25, 0.3) is 0 Å². The average molecular weight is 200 g/mol. The largest absolute Gasteiger partial charge is 0.368 e. The normalized spacial score (nSPS) is 17.6. The van der Waals surface area contributed by atoms with E-state index in [-0.39, 0.29) is 5.41 Å². The maximum absolute atomic E-state index is 5.55. The highest BCUT2D eigenvalue weighted by Gasteiger charge is 2.48. The summed E-state index contributed by atoms with van der Waals surface area (Å²) in [5.41, 5.74) is 7.89. The first-order chi connectivity index (χ1) is 7.31. The highest BCUT2D eigenvalue weighted by Crippen LogP contribution is 2.53. The Labute approximate surface area is 87.9 Å². The van der Waals surface area contributed by atoms with Crippen LogP contribution in [0.5, 0.6) is 0 Å². The molecule has 2 N–H and O–H groups in total. The first-order valence-corrected chi connectivity index (χ1v) is 5.09. The summed E-state index contributed by atoms with van der Waals surface area (Å²) in [6, 6.07) is 12.2. The molecule has 1 aliphatic carbocycles. The van der Waals surface area contributed by atoms with E-state index >= 15 is 0 Å². The van der Waals surface area contributed by atoms with E-state index in [9.17, 15) is 0 Å². The van der Waals surface area contributed by atoms with Gasteiger partial charge in [0, 0.05) is 11.5 Å². The van der Waals surface area contributed by atoms with E-state index in [1.165, 1.54) is 5.56 Å². The Hall–Kier alpha value is -1.77. The monoisotopic (exact) mass is 200 g/mol. The van der Waals surface area contributed by atoms with Crippen LogP contribution in [0.3, 0.4) is 0 Å². The van der Waals surface area contributed by atoms with Crippen molar-refractivity contribution in [3.63, 3.8) is 0 Å². The van der Waals surface area contributed by atoms with E-state index in [4.69, 9.17) is 10.3 Å². The van der Waals surface area contributed by atoms with Crippen LogP contribution in [0.2, 0.25) is 0 Å². The predicted octanol–water partition coefficient (Wildman–Crippen LogP) is 2.34. The van der Waals surface area contributed by atoms with E-state index in [1.54, 1.807) is 0 Å². The van der Waals surface area contributed by atoms with Crippen molar-refractivity contribution >= 4 is 5.88 Å². The average Bonchev–Trinajstić information content (AvgIpc) is 2.98. The summed E-state index contributed by atoms with van der Waals surface area (Å²) < 4.78 is 4.94. The second kappa shape index (κ2) is 2.86. The van der Waals surface area contributed by atoms with Crippen molar-refractivity contribution in [1.29, 1.82) is 0 Å². The number of nitrogens with zero attached hydrogens (tertiary/aromatic N) is 1. The van der Waals surface area contributed by atoms with Crippen LogP contribution in [0, 0.1) is 0 Å². The molecule has 3 rings (SSSR count). The molecule has 0 bridgehead atoms. The molecule has 0 radical (unpaired) electrons. The van der Waals surface area contributed by atoms with Crippen LogP contribution in [-0.4, -0.2) is 5.16 Å². The molecule has 3 heteroatoms. The smallest absolute Gasteiger partial charge is 0.222 e. The molecule has 2 aromatic rings. The van der Waals surface area contributed by atoms with Crippen LogP contribution in [0.4, 0.5) is 5.88 Å². The number of hydrogen-bond donors (Lipinski definition) is 1. The number of aromatic nitrogens is 1. The van der Waals surface area contributed by atoms with E-state index < -0.39 is 0 Å². The lowest BCUT2D eigenvalue weighted by molar-refractivity contribution is 0.422. The van der Waals surface area contributed by atoms with E-state index in [2.05, 4.69) is 29.4 Å². The number of benzene rings is 1. The summed E-state index contributed by atoms with van der Waals surface area (Å²) in [5, 5.41) is 4.03. The van der Waals surface area contributed by atoms with E-state index in [1.807, 2.05) is 12.1 Å². The topological polar surface area (TPSA) is 52.0 Å². The summed E-state index contributed by atoms with van der Waals surface area (Å²) in [7, 11) is 0. The molecule has 0 atom stereocenters. The molecule has 1 heterocycles. The fourth-order valence-corrected chi connectivity index (χ4v) is 2.09. The molecule has 15 heavy (non-hydrogen) atoms. The quantitative estimate of drug-likeness (QED) is 0.809. The van der Waals surface area contributed by atoms with Crippen molar-refractivity contribution in [1.82, 2.24) is 5.16 Å². The highest BCUT2D eigenvalue weighted by atomic mass is 16.5. The van der Waals surface area contributed by atoms with Gasteiger partial charge in [-0.15, -0.1) is 0 Å². The summed E-state index contributed by atoms with van der Waals surface area (Å²) in [6.07, 6.45) is 2.26. The predicted molar refractivity (Wildman–Crippen MR) is 57.4 cm³/mol. The Morgan fingerprint density at radius 2 is 1.93 bits per heavy atom. The molecule has 0 unspecified atom stereocenters. The van der Waals surface area contributed by atoms with Gasteiger partial charge in [-0.3, -0.25) is 0 Å². The molecule has 3 nitrogen and oxygen atoms in total. The zero-order valence-electron chi connectivity index (χ0n) is 8.31. The second-order valence-electron chi connectivity index (χ2n) is 4.06. The molecule has 1 fully saturated rings. The molecular weight excluding hydrogens is 188 g/mol. The van der Waals surface area contributed by atoms with Crippen molar-refractivity contribution < 1.29 is 4.52 Å². The maximum Gasteiger partial charge on any atom is 0.222 e. The van der Waals surface area contributed by atoms with Gasteiger partial charge >= 0.3 is 0 Å². The first kappa shape index (κ1) is 8.53. The summed E-state index contributed by atoms with van der Waals surface area (Å²) in [6.45, 7) is 0. The number of nitrogens with two attached hydrogens (primary N) is 1. The first-order valence-electron chi connectivity index (χ1n) is 5.09. The Kier molecular flexibility index (Phi) is 1.63. The number of anilines is 1. The molecule has 1 aromatic heterocycles. The van der Waals surface area contributed by atoms with Crippen LogP contribution < -0.4 is 5.73 Å². The van der Waals surface area contributed by atoms with Gasteiger partial charge in [-0.25, -0.2) is 0 Å². The lowest BCUT2D eigenvalue weighted by Gasteiger charge is -2.11. The molecule has 1 aliphatic rings. The number of rotatable bonds is 2. The van der Waals surface area contributed by atoms with Crippen LogP contribution in [-0.2, 0) is 5.41 Å². The molecule has 0 saturated heterocycles. The third-order valence-electron chi connectivity index (χ3n) is 3.10. The lowest BCUT2D eigenvalue weighted by Crippen LogP contribution is -2.08. The Balaban J connectivity index is 2.05. The van der Waals surface area contributed by atoms with Gasteiger partial charge in [0.1, 0.15) is 0 Å². The third kappa shape index (κ3) is 1.23. The molecule has 0 aliphatic heterocycles. The number of hydrogen-bond acceptors (Lipinski definition) is 3. The van der Waals surface area contributed by atoms with Gasteiger partial charge in [0.15, 0.2) is 0 Å². The lowest BCUT2D eigenvalue weighted by atomic mass is 9.93. The molecule has 0 amide bonds. The highest BCUT2D eigenvalue weighted by molar-refractivity contribution is 5.44. The fraction of sp³-hybridized carbons (Fsp3) is 0.250.